The van der Waals surface area contributed by atoms with Crippen molar-refractivity contribution in [1.29, 1.82) is 0 Å². The van der Waals surface area contributed by atoms with E-state index in [1.807, 2.05) is 29.3 Å². The van der Waals surface area contributed by atoms with Crippen LogP contribution in [0.3, 0.4) is 0 Å². The lowest BCUT2D eigenvalue weighted by Gasteiger charge is -2.31. The Hall–Kier alpha value is -2.50. The van der Waals surface area contributed by atoms with Crippen LogP contribution in [0.5, 0.6) is 11.5 Å². The van der Waals surface area contributed by atoms with Gasteiger partial charge in [-0.3, -0.25) is 4.79 Å². The second kappa shape index (κ2) is 7.38. The minimum absolute atomic E-state index is 0.153. The standard InChI is InChI=1S/C18H23N3O3/c1-23-15-4-3-13(11-16(15)24-2)12-17(22)21-9-5-14(6-10-21)18-19-7-8-20-18/h3-4,7-8,11,14H,5-6,9-10,12H2,1-2H3,(H,19,20). The first-order valence-corrected chi connectivity index (χ1v) is 8.19. The van der Waals surface area contributed by atoms with Gasteiger partial charge in [-0.15, -0.1) is 0 Å². The molecule has 0 unspecified atom stereocenters. The van der Waals surface area contributed by atoms with Crippen LogP contribution in [0, 0.1) is 0 Å². The number of H-pyrrole nitrogens is 1. The van der Waals surface area contributed by atoms with Crippen LogP contribution in [0.1, 0.15) is 30.1 Å². The second-order valence-corrected chi connectivity index (χ2v) is 6.00. The molecule has 2 aromatic rings. The highest BCUT2D eigenvalue weighted by Gasteiger charge is 2.25. The predicted octanol–water partition coefficient (Wildman–Crippen LogP) is 2.38. The van der Waals surface area contributed by atoms with Crippen molar-refractivity contribution in [1.82, 2.24) is 14.9 Å². The van der Waals surface area contributed by atoms with Gasteiger partial charge in [-0.2, -0.15) is 0 Å². The van der Waals surface area contributed by atoms with Gasteiger partial charge in [0.1, 0.15) is 5.82 Å². The van der Waals surface area contributed by atoms with Crippen molar-refractivity contribution < 1.29 is 14.3 Å². The van der Waals surface area contributed by atoms with Gasteiger partial charge in [0.2, 0.25) is 5.91 Å². The summed E-state index contributed by atoms with van der Waals surface area (Å²) in [6.07, 6.45) is 5.91. The maximum Gasteiger partial charge on any atom is 0.226 e. The summed E-state index contributed by atoms with van der Waals surface area (Å²) < 4.78 is 10.5. The second-order valence-electron chi connectivity index (χ2n) is 6.00. The van der Waals surface area contributed by atoms with E-state index in [2.05, 4.69) is 9.97 Å². The molecule has 128 valence electrons. The molecule has 1 N–H and O–H groups in total. The third-order valence-electron chi connectivity index (χ3n) is 4.56. The molecule has 0 atom stereocenters. The molecule has 0 aliphatic carbocycles. The molecule has 0 radical (unpaired) electrons. The van der Waals surface area contributed by atoms with Crippen molar-refractivity contribution in [2.75, 3.05) is 27.3 Å². The van der Waals surface area contributed by atoms with Crippen LogP contribution in [0.25, 0.3) is 0 Å². The molecule has 1 aromatic carbocycles. The summed E-state index contributed by atoms with van der Waals surface area (Å²) in [4.78, 5) is 22.0. The summed E-state index contributed by atoms with van der Waals surface area (Å²) in [5.41, 5.74) is 0.936. The van der Waals surface area contributed by atoms with Gasteiger partial charge in [0.25, 0.3) is 0 Å². The molecule has 1 aliphatic heterocycles. The number of rotatable bonds is 5. The van der Waals surface area contributed by atoms with E-state index in [1.54, 1.807) is 20.4 Å². The van der Waals surface area contributed by atoms with E-state index in [-0.39, 0.29) is 5.91 Å². The van der Waals surface area contributed by atoms with Gasteiger partial charge in [0, 0.05) is 31.4 Å². The van der Waals surface area contributed by atoms with Gasteiger partial charge in [0.05, 0.1) is 20.6 Å². The van der Waals surface area contributed by atoms with Crippen LogP contribution in [0.15, 0.2) is 30.6 Å². The maximum absolute atomic E-state index is 12.5. The first kappa shape index (κ1) is 16.4. The number of imidazole rings is 1. The SMILES string of the molecule is COc1ccc(CC(=O)N2CCC(c3ncc[nH]3)CC2)cc1OC. The molecule has 1 amide bonds. The van der Waals surface area contributed by atoms with Crippen LogP contribution in [0.4, 0.5) is 0 Å². The molecule has 1 fully saturated rings. The van der Waals surface area contributed by atoms with Crippen LogP contribution in [-0.4, -0.2) is 48.1 Å². The molecule has 0 spiro atoms. The van der Waals surface area contributed by atoms with Gasteiger partial charge in [-0.25, -0.2) is 4.98 Å². The highest BCUT2D eigenvalue weighted by Crippen LogP contribution is 2.29. The number of carbonyl (C=O) groups is 1. The molecule has 24 heavy (non-hydrogen) atoms. The Morgan fingerprint density at radius 1 is 1.25 bits per heavy atom. The lowest BCUT2D eigenvalue weighted by Crippen LogP contribution is -2.39. The van der Waals surface area contributed by atoms with Gasteiger partial charge >= 0.3 is 0 Å². The van der Waals surface area contributed by atoms with E-state index < -0.39 is 0 Å². The Morgan fingerprint density at radius 2 is 2.00 bits per heavy atom. The number of benzene rings is 1. The van der Waals surface area contributed by atoms with Crippen LogP contribution in [-0.2, 0) is 11.2 Å². The normalized spacial score (nSPS) is 15.3. The summed E-state index contributed by atoms with van der Waals surface area (Å²) in [5.74, 6) is 2.93. The van der Waals surface area contributed by atoms with Crippen LogP contribution >= 0.6 is 0 Å². The number of hydrogen-bond donors (Lipinski definition) is 1. The van der Waals surface area contributed by atoms with Crippen molar-refractivity contribution in [3.63, 3.8) is 0 Å². The fourth-order valence-corrected chi connectivity index (χ4v) is 3.18. The Kier molecular flexibility index (Phi) is 5.03. The summed E-state index contributed by atoms with van der Waals surface area (Å²) in [7, 11) is 3.20. The molecule has 6 nitrogen and oxygen atoms in total. The quantitative estimate of drug-likeness (QED) is 0.914. The van der Waals surface area contributed by atoms with Crippen molar-refractivity contribution in [3.8, 4) is 11.5 Å². The number of amides is 1. The van der Waals surface area contributed by atoms with Crippen LogP contribution in [0.2, 0.25) is 0 Å². The van der Waals surface area contributed by atoms with E-state index in [0.717, 1.165) is 37.3 Å². The number of carbonyl (C=O) groups excluding carboxylic acids is 1. The third-order valence-corrected chi connectivity index (χ3v) is 4.56. The molecule has 2 heterocycles. The van der Waals surface area contributed by atoms with Gasteiger partial charge in [-0.1, -0.05) is 6.07 Å². The predicted molar refractivity (Wildman–Crippen MR) is 90.4 cm³/mol. The molecule has 6 heteroatoms. The molecular formula is C18H23N3O3. The minimum Gasteiger partial charge on any atom is -0.493 e. The monoisotopic (exact) mass is 329 g/mol. The molecule has 1 saturated heterocycles. The number of ether oxygens (including phenoxy) is 2. The fraction of sp³-hybridized carbons (Fsp3) is 0.444. The number of aromatic nitrogens is 2. The molecule has 0 saturated carbocycles. The lowest BCUT2D eigenvalue weighted by atomic mass is 9.95. The van der Waals surface area contributed by atoms with Crippen molar-refractivity contribution in [3.05, 3.63) is 42.0 Å². The summed E-state index contributed by atoms with van der Waals surface area (Å²) in [5, 5.41) is 0. The number of hydrogen-bond acceptors (Lipinski definition) is 4. The molecule has 0 bridgehead atoms. The third kappa shape index (κ3) is 3.53. The maximum atomic E-state index is 12.5. The van der Waals surface area contributed by atoms with Gasteiger partial charge in [-0.05, 0) is 30.5 Å². The zero-order valence-electron chi connectivity index (χ0n) is 14.1. The van der Waals surface area contributed by atoms with Crippen molar-refractivity contribution >= 4 is 5.91 Å². The number of aromatic amines is 1. The first-order valence-electron chi connectivity index (χ1n) is 8.19. The molecular weight excluding hydrogens is 306 g/mol. The number of methoxy groups -OCH3 is 2. The Morgan fingerprint density at radius 3 is 2.62 bits per heavy atom. The smallest absolute Gasteiger partial charge is 0.226 e. The van der Waals surface area contributed by atoms with E-state index in [1.165, 1.54) is 0 Å². The summed E-state index contributed by atoms with van der Waals surface area (Å²) >= 11 is 0. The summed E-state index contributed by atoms with van der Waals surface area (Å²) in [6, 6.07) is 5.62. The highest BCUT2D eigenvalue weighted by atomic mass is 16.5. The van der Waals surface area contributed by atoms with Crippen molar-refractivity contribution in [2.24, 2.45) is 0 Å². The number of piperidine rings is 1. The lowest BCUT2D eigenvalue weighted by molar-refractivity contribution is -0.131. The van der Waals surface area contributed by atoms with E-state index in [0.29, 0.717) is 23.8 Å². The first-order chi connectivity index (χ1) is 11.7. The molecule has 3 rings (SSSR count). The van der Waals surface area contributed by atoms with Crippen LogP contribution < -0.4 is 9.47 Å². The van der Waals surface area contributed by atoms with Gasteiger partial charge < -0.3 is 19.4 Å². The summed E-state index contributed by atoms with van der Waals surface area (Å²) in [6.45, 7) is 1.55. The van der Waals surface area contributed by atoms with Gasteiger partial charge in [0.15, 0.2) is 11.5 Å². The topological polar surface area (TPSA) is 67.5 Å². The number of nitrogens with one attached hydrogen (secondary N) is 1. The average Bonchev–Trinajstić information content (AvgIpc) is 3.16. The Balaban J connectivity index is 1.58. The van der Waals surface area contributed by atoms with E-state index in [9.17, 15) is 4.79 Å². The fourth-order valence-electron chi connectivity index (χ4n) is 3.18. The molecule has 1 aromatic heterocycles. The minimum atomic E-state index is 0.153. The van der Waals surface area contributed by atoms with Crippen molar-refractivity contribution in [2.45, 2.75) is 25.2 Å². The average molecular weight is 329 g/mol. The number of likely N-dealkylation sites (tertiary alicyclic amines) is 1. The number of nitrogens with zero attached hydrogens (tertiary/aromatic N) is 2. The molecule has 1 aliphatic rings. The highest BCUT2D eigenvalue weighted by molar-refractivity contribution is 5.79. The Bertz CT molecular complexity index is 677. The largest absolute Gasteiger partial charge is 0.493 e. The zero-order chi connectivity index (χ0) is 16.9. The van der Waals surface area contributed by atoms with E-state index >= 15 is 0 Å². The van der Waals surface area contributed by atoms with E-state index in [4.69, 9.17) is 9.47 Å². The Labute approximate surface area is 141 Å². The zero-order valence-corrected chi connectivity index (χ0v) is 14.1.